The lowest BCUT2D eigenvalue weighted by molar-refractivity contribution is -0.0690. The molecular formula is C13H16N2O. The summed E-state index contributed by atoms with van der Waals surface area (Å²) in [6.07, 6.45) is 0. The van der Waals surface area contributed by atoms with E-state index in [0.29, 0.717) is 19.8 Å². The third kappa shape index (κ3) is 2.02. The summed E-state index contributed by atoms with van der Waals surface area (Å²) in [5, 5.41) is 12.4. The Bertz CT molecular complexity index is 430. The first-order valence-electron chi connectivity index (χ1n) is 5.45. The Balaban J connectivity index is 2.05. The molecule has 0 aromatic heterocycles. The van der Waals surface area contributed by atoms with Crippen LogP contribution in [-0.4, -0.2) is 19.8 Å². The van der Waals surface area contributed by atoms with Crippen LogP contribution in [-0.2, 0) is 4.74 Å². The van der Waals surface area contributed by atoms with E-state index in [1.54, 1.807) is 0 Å². The van der Waals surface area contributed by atoms with Crippen LogP contribution in [0, 0.1) is 30.6 Å². The third-order valence-electron chi connectivity index (χ3n) is 3.00. The van der Waals surface area contributed by atoms with Gasteiger partial charge in [0.15, 0.2) is 0 Å². The highest BCUT2D eigenvalue weighted by atomic mass is 16.5. The van der Waals surface area contributed by atoms with Crippen molar-refractivity contribution in [2.24, 2.45) is 5.41 Å². The number of benzene rings is 1. The number of hydrogen-bond acceptors (Lipinski definition) is 3. The molecule has 16 heavy (non-hydrogen) atoms. The first-order valence-corrected chi connectivity index (χ1v) is 5.45. The second-order valence-electron chi connectivity index (χ2n) is 4.56. The minimum absolute atomic E-state index is 0.323. The predicted octanol–water partition coefficient (Wildman–Crippen LogP) is 2.26. The lowest BCUT2D eigenvalue weighted by Crippen LogP contribution is -2.46. The van der Waals surface area contributed by atoms with Crippen LogP contribution >= 0.6 is 0 Å². The maximum Gasteiger partial charge on any atom is 0.121 e. The predicted molar refractivity (Wildman–Crippen MR) is 63.3 cm³/mol. The van der Waals surface area contributed by atoms with Crippen molar-refractivity contribution < 1.29 is 4.74 Å². The molecule has 1 aliphatic rings. The Morgan fingerprint density at radius 2 is 2.19 bits per heavy atom. The zero-order valence-electron chi connectivity index (χ0n) is 9.71. The van der Waals surface area contributed by atoms with Crippen LogP contribution in [0.15, 0.2) is 18.2 Å². The molecule has 1 fully saturated rings. The first kappa shape index (κ1) is 11.0. The summed E-state index contributed by atoms with van der Waals surface area (Å²) in [6, 6.07) is 8.62. The minimum atomic E-state index is -0.323. The topological polar surface area (TPSA) is 45.0 Å². The second-order valence-corrected chi connectivity index (χ2v) is 4.56. The molecule has 84 valence electrons. The molecule has 0 amide bonds. The van der Waals surface area contributed by atoms with Crippen molar-refractivity contribution in [3.63, 3.8) is 0 Å². The van der Waals surface area contributed by atoms with Crippen molar-refractivity contribution in [2.75, 3.05) is 25.1 Å². The Hall–Kier alpha value is -1.53. The maximum absolute atomic E-state index is 9.07. The SMILES string of the molecule is Cc1ccc(C)c(NCC2(C#N)COC2)c1. The maximum atomic E-state index is 9.07. The normalized spacial score (nSPS) is 17.3. The summed E-state index contributed by atoms with van der Waals surface area (Å²) in [4.78, 5) is 0. The van der Waals surface area contributed by atoms with E-state index < -0.39 is 0 Å². The van der Waals surface area contributed by atoms with Gasteiger partial charge in [0.2, 0.25) is 0 Å². The van der Waals surface area contributed by atoms with E-state index >= 15 is 0 Å². The van der Waals surface area contributed by atoms with Gasteiger partial charge in [-0.05, 0) is 31.0 Å². The average Bonchev–Trinajstić information content (AvgIpc) is 2.22. The Kier molecular flexibility index (Phi) is 2.84. The highest BCUT2D eigenvalue weighted by Crippen LogP contribution is 2.27. The molecule has 1 aromatic rings. The molecule has 0 aliphatic carbocycles. The van der Waals surface area contributed by atoms with Gasteiger partial charge in [-0.2, -0.15) is 5.26 Å². The van der Waals surface area contributed by atoms with Crippen LogP contribution in [0.25, 0.3) is 0 Å². The number of nitrogens with one attached hydrogen (secondary N) is 1. The summed E-state index contributed by atoms with van der Waals surface area (Å²) < 4.78 is 5.11. The van der Waals surface area contributed by atoms with Crippen molar-refractivity contribution in [3.05, 3.63) is 29.3 Å². The van der Waals surface area contributed by atoms with Gasteiger partial charge in [0.05, 0.1) is 19.3 Å². The van der Waals surface area contributed by atoms with Gasteiger partial charge in [-0.25, -0.2) is 0 Å². The zero-order valence-corrected chi connectivity index (χ0v) is 9.71. The van der Waals surface area contributed by atoms with Crippen LogP contribution in [0.1, 0.15) is 11.1 Å². The van der Waals surface area contributed by atoms with Gasteiger partial charge in [-0.3, -0.25) is 0 Å². The summed E-state index contributed by atoms with van der Waals surface area (Å²) in [5.74, 6) is 0. The van der Waals surface area contributed by atoms with E-state index in [4.69, 9.17) is 10.00 Å². The third-order valence-corrected chi connectivity index (χ3v) is 3.00. The van der Waals surface area contributed by atoms with Crippen LogP contribution in [0.3, 0.4) is 0 Å². The van der Waals surface area contributed by atoms with Gasteiger partial charge in [-0.15, -0.1) is 0 Å². The smallest absolute Gasteiger partial charge is 0.121 e. The van der Waals surface area contributed by atoms with Gasteiger partial charge in [0, 0.05) is 12.2 Å². The van der Waals surface area contributed by atoms with Crippen LogP contribution < -0.4 is 5.32 Å². The largest absolute Gasteiger partial charge is 0.383 e. The zero-order chi connectivity index (χ0) is 11.6. The molecule has 3 heteroatoms. The molecule has 1 N–H and O–H groups in total. The highest BCUT2D eigenvalue weighted by Gasteiger charge is 2.38. The van der Waals surface area contributed by atoms with Gasteiger partial charge < -0.3 is 10.1 Å². The molecular weight excluding hydrogens is 200 g/mol. The van der Waals surface area contributed by atoms with E-state index in [1.807, 2.05) is 0 Å². The van der Waals surface area contributed by atoms with Gasteiger partial charge >= 0.3 is 0 Å². The molecule has 1 aromatic carbocycles. The van der Waals surface area contributed by atoms with Gasteiger partial charge in [0.1, 0.15) is 5.41 Å². The molecule has 1 aliphatic heterocycles. The molecule has 1 saturated heterocycles. The number of nitriles is 1. The molecule has 0 radical (unpaired) electrons. The molecule has 3 nitrogen and oxygen atoms in total. The van der Waals surface area contributed by atoms with E-state index in [1.165, 1.54) is 11.1 Å². The van der Waals surface area contributed by atoms with Crippen LogP contribution in [0.5, 0.6) is 0 Å². The molecule has 0 bridgehead atoms. The first-order chi connectivity index (χ1) is 7.65. The quantitative estimate of drug-likeness (QED) is 0.842. The van der Waals surface area contributed by atoms with E-state index in [0.717, 1.165) is 5.69 Å². The van der Waals surface area contributed by atoms with Crippen LogP contribution in [0.2, 0.25) is 0 Å². The van der Waals surface area contributed by atoms with Crippen LogP contribution in [0.4, 0.5) is 5.69 Å². The van der Waals surface area contributed by atoms with Crippen molar-refractivity contribution in [3.8, 4) is 6.07 Å². The van der Waals surface area contributed by atoms with E-state index in [2.05, 4.69) is 43.4 Å². The average molecular weight is 216 g/mol. The summed E-state index contributed by atoms with van der Waals surface area (Å²) in [7, 11) is 0. The number of hydrogen-bond donors (Lipinski definition) is 1. The number of ether oxygens (including phenoxy) is 1. The highest BCUT2D eigenvalue weighted by molar-refractivity contribution is 5.52. The van der Waals surface area contributed by atoms with Crippen molar-refractivity contribution in [2.45, 2.75) is 13.8 Å². The second kappa shape index (κ2) is 4.15. The Labute approximate surface area is 96.0 Å². The fourth-order valence-electron chi connectivity index (χ4n) is 1.75. The lowest BCUT2D eigenvalue weighted by Gasteiger charge is -2.35. The Morgan fingerprint density at radius 3 is 2.75 bits per heavy atom. The molecule has 1 heterocycles. The number of anilines is 1. The lowest BCUT2D eigenvalue weighted by atomic mass is 9.88. The molecule has 0 saturated carbocycles. The Morgan fingerprint density at radius 1 is 1.44 bits per heavy atom. The fraction of sp³-hybridized carbons (Fsp3) is 0.462. The van der Waals surface area contributed by atoms with Crippen molar-refractivity contribution in [1.29, 1.82) is 5.26 Å². The van der Waals surface area contributed by atoms with Crippen molar-refractivity contribution >= 4 is 5.69 Å². The van der Waals surface area contributed by atoms with E-state index in [-0.39, 0.29) is 5.41 Å². The number of rotatable bonds is 3. The van der Waals surface area contributed by atoms with E-state index in [9.17, 15) is 0 Å². The van der Waals surface area contributed by atoms with Crippen molar-refractivity contribution in [1.82, 2.24) is 0 Å². The summed E-state index contributed by atoms with van der Waals surface area (Å²) in [5.41, 5.74) is 3.22. The molecule has 2 rings (SSSR count). The monoisotopic (exact) mass is 216 g/mol. The minimum Gasteiger partial charge on any atom is -0.383 e. The summed E-state index contributed by atoms with van der Waals surface area (Å²) in [6.45, 7) is 5.88. The molecule has 0 spiro atoms. The standard InChI is InChI=1S/C13H16N2O/c1-10-3-4-11(2)12(5-10)15-7-13(6-14)8-16-9-13/h3-5,15H,7-9H2,1-2H3. The molecule has 0 unspecified atom stereocenters. The fourth-order valence-corrected chi connectivity index (χ4v) is 1.75. The number of nitrogens with zero attached hydrogens (tertiary/aromatic N) is 1. The number of aryl methyl sites for hydroxylation is 2. The summed E-state index contributed by atoms with van der Waals surface area (Å²) >= 11 is 0. The molecule has 0 atom stereocenters. The van der Waals surface area contributed by atoms with Gasteiger partial charge in [0.25, 0.3) is 0 Å². The van der Waals surface area contributed by atoms with Gasteiger partial charge in [-0.1, -0.05) is 12.1 Å².